The Balaban J connectivity index is 2.35. The Morgan fingerprint density at radius 3 is 2.70 bits per heavy atom. The minimum Gasteiger partial charge on any atom is -0.397 e. The number of nitriles is 1. The number of hydrogen-bond donors (Lipinski definition) is 2. The van der Waals surface area contributed by atoms with Crippen LogP contribution in [0.1, 0.15) is 15.9 Å². The second-order valence-corrected chi connectivity index (χ2v) is 4.80. The van der Waals surface area contributed by atoms with Crippen LogP contribution >= 0.6 is 23.2 Å². The highest BCUT2D eigenvalue weighted by Gasteiger charge is 2.14. The summed E-state index contributed by atoms with van der Waals surface area (Å²) in [5.74, 6) is -0.455. The molecule has 4 nitrogen and oxygen atoms in total. The van der Waals surface area contributed by atoms with Gasteiger partial charge in [-0.2, -0.15) is 5.26 Å². The molecule has 0 heterocycles. The van der Waals surface area contributed by atoms with E-state index in [9.17, 15) is 4.79 Å². The lowest BCUT2D eigenvalue weighted by Gasteiger charge is -2.10. The molecule has 0 aliphatic heterocycles. The van der Waals surface area contributed by atoms with E-state index in [-0.39, 0.29) is 11.3 Å². The van der Waals surface area contributed by atoms with E-state index in [4.69, 9.17) is 34.2 Å². The molecule has 100 valence electrons. The fourth-order valence-corrected chi connectivity index (χ4v) is 1.99. The molecule has 0 bridgehead atoms. The topological polar surface area (TPSA) is 78.9 Å². The van der Waals surface area contributed by atoms with Crippen LogP contribution in [-0.2, 0) is 0 Å². The minimum absolute atomic E-state index is 0.187. The number of para-hydroxylation sites is 1. The van der Waals surface area contributed by atoms with Crippen LogP contribution in [0.2, 0.25) is 10.0 Å². The molecule has 0 saturated carbocycles. The van der Waals surface area contributed by atoms with Crippen LogP contribution in [0.15, 0.2) is 36.4 Å². The third-order valence-electron chi connectivity index (χ3n) is 2.65. The zero-order valence-electron chi connectivity index (χ0n) is 10.2. The number of rotatable bonds is 2. The SMILES string of the molecule is N#Cc1ccc(Cl)cc1NC(=O)c1cccc(Cl)c1N. The summed E-state index contributed by atoms with van der Waals surface area (Å²) in [6, 6.07) is 11.3. The van der Waals surface area contributed by atoms with Gasteiger partial charge >= 0.3 is 0 Å². The van der Waals surface area contributed by atoms with Gasteiger partial charge in [0.25, 0.3) is 5.91 Å². The van der Waals surface area contributed by atoms with Crippen LogP contribution in [0.4, 0.5) is 11.4 Å². The van der Waals surface area contributed by atoms with E-state index in [1.807, 2.05) is 6.07 Å². The van der Waals surface area contributed by atoms with E-state index in [1.54, 1.807) is 24.3 Å². The predicted octanol–water partition coefficient (Wildman–Crippen LogP) is 3.70. The summed E-state index contributed by atoms with van der Waals surface area (Å²) in [6.45, 7) is 0. The second kappa shape index (κ2) is 5.83. The highest BCUT2D eigenvalue weighted by Crippen LogP contribution is 2.25. The van der Waals surface area contributed by atoms with E-state index < -0.39 is 5.91 Å². The van der Waals surface area contributed by atoms with Crippen molar-refractivity contribution in [3.8, 4) is 6.07 Å². The zero-order valence-corrected chi connectivity index (χ0v) is 11.7. The van der Waals surface area contributed by atoms with Gasteiger partial charge in [0.15, 0.2) is 0 Å². The lowest BCUT2D eigenvalue weighted by atomic mass is 10.1. The summed E-state index contributed by atoms with van der Waals surface area (Å²) in [7, 11) is 0. The van der Waals surface area contributed by atoms with Crippen molar-refractivity contribution in [3.05, 3.63) is 57.6 Å². The average molecular weight is 306 g/mol. The molecule has 0 unspecified atom stereocenters. The zero-order chi connectivity index (χ0) is 14.7. The summed E-state index contributed by atoms with van der Waals surface area (Å²) in [6.07, 6.45) is 0. The number of amides is 1. The van der Waals surface area contributed by atoms with Gasteiger partial charge in [0, 0.05) is 5.02 Å². The molecule has 2 aromatic rings. The summed E-state index contributed by atoms with van der Waals surface area (Å²) in [4.78, 5) is 12.2. The molecule has 0 aliphatic rings. The number of halogens is 2. The number of nitrogens with one attached hydrogen (secondary N) is 1. The Hall–Kier alpha value is -2.22. The first-order chi connectivity index (χ1) is 9.52. The molecule has 3 N–H and O–H groups in total. The molecule has 1 amide bonds. The van der Waals surface area contributed by atoms with Crippen LogP contribution in [0.5, 0.6) is 0 Å². The fraction of sp³-hybridized carbons (Fsp3) is 0. The number of nitrogens with zero attached hydrogens (tertiary/aromatic N) is 1. The van der Waals surface area contributed by atoms with E-state index in [0.717, 1.165) is 0 Å². The van der Waals surface area contributed by atoms with Crippen LogP contribution in [0.25, 0.3) is 0 Å². The summed E-state index contributed by atoms with van der Waals surface area (Å²) in [5, 5.41) is 12.3. The maximum absolute atomic E-state index is 12.2. The van der Waals surface area contributed by atoms with Gasteiger partial charge in [0.05, 0.1) is 27.5 Å². The van der Waals surface area contributed by atoms with Gasteiger partial charge in [0.2, 0.25) is 0 Å². The van der Waals surface area contributed by atoms with Crippen molar-refractivity contribution in [2.24, 2.45) is 0 Å². The Morgan fingerprint density at radius 1 is 1.25 bits per heavy atom. The number of nitrogens with two attached hydrogens (primary N) is 1. The van der Waals surface area contributed by atoms with Gasteiger partial charge in [-0.05, 0) is 30.3 Å². The van der Waals surface area contributed by atoms with Crippen molar-refractivity contribution in [1.29, 1.82) is 5.26 Å². The van der Waals surface area contributed by atoms with Gasteiger partial charge < -0.3 is 11.1 Å². The normalized spacial score (nSPS) is 9.85. The Morgan fingerprint density at radius 2 is 2.00 bits per heavy atom. The van der Waals surface area contributed by atoms with Crippen molar-refractivity contribution < 1.29 is 4.79 Å². The Bertz CT molecular complexity index is 723. The predicted molar refractivity (Wildman–Crippen MR) is 80.0 cm³/mol. The molecule has 6 heteroatoms. The van der Waals surface area contributed by atoms with Gasteiger partial charge in [-0.25, -0.2) is 0 Å². The number of anilines is 2. The number of hydrogen-bond acceptors (Lipinski definition) is 3. The number of nitrogen functional groups attached to an aromatic ring is 1. The maximum Gasteiger partial charge on any atom is 0.257 e. The molecule has 0 radical (unpaired) electrons. The molecular formula is C14H9Cl2N3O. The third-order valence-corrected chi connectivity index (χ3v) is 3.21. The van der Waals surface area contributed by atoms with E-state index in [0.29, 0.717) is 21.3 Å². The van der Waals surface area contributed by atoms with Crippen LogP contribution in [0, 0.1) is 11.3 Å². The molecule has 0 aromatic heterocycles. The molecule has 20 heavy (non-hydrogen) atoms. The van der Waals surface area contributed by atoms with Gasteiger partial charge in [-0.15, -0.1) is 0 Å². The summed E-state index contributed by atoms with van der Waals surface area (Å²) < 4.78 is 0. The van der Waals surface area contributed by atoms with Gasteiger partial charge in [0.1, 0.15) is 6.07 Å². The third kappa shape index (κ3) is 2.85. The standard InChI is InChI=1S/C14H9Cl2N3O/c15-9-5-4-8(7-17)12(6-9)19-14(20)10-2-1-3-11(16)13(10)18/h1-6H,18H2,(H,19,20). The van der Waals surface area contributed by atoms with Crippen molar-refractivity contribution in [3.63, 3.8) is 0 Å². The van der Waals surface area contributed by atoms with Gasteiger partial charge in [-0.3, -0.25) is 4.79 Å². The highest BCUT2D eigenvalue weighted by atomic mass is 35.5. The highest BCUT2D eigenvalue weighted by molar-refractivity contribution is 6.34. The maximum atomic E-state index is 12.2. The number of benzene rings is 2. The van der Waals surface area contributed by atoms with E-state index in [1.165, 1.54) is 12.1 Å². The molecule has 0 spiro atoms. The average Bonchev–Trinajstić information content (AvgIpc) is 2.42. The monoisotopic (exact) mass is 305 g/mol. The van der Waals surface area contributed by atoms with E-state index in [2.05, 4.69) is 5.32 Å². The van der Waals surface area contributed by atoms with Crippen molar-refractivity contribution in [1.82, 2.24) is 0 Å². The first-order valence-corrected chi connectivity index (χ1v) is 6.33. The Kier molecular flexibility index (Phi) is 4.14. The second-order valence-electron chi connectivity index (χ2n) is 3.96. The molecule has 2 rings (SSSR count). The van der Waals surface area contributed by atoms with E-state index >= 15 is 0 Å². The fourth-order valence-electron chi connectivity index (χ4n) is 1.64. The molecule has 2 aromatic carbocycles. The molecule has 0 aliphatic carbocycles. The Labute approximate surface area is 125 Å². The van der Waals surface area contributed by atoms with Crippen LogP contribution < -0.4 is 11.1 Å². The number of carbonyl (C=O) groups excluding carboxylic acids is 1. The van der Waals surface area contributed by atoms with Crippen LogP contribution in [0.3, 0.4) is 0 Å². The lowest BCUT2D eigenvalue weighted by molar-refractivity contribution is 0.102. The van der Waals surface area contributed by atoms with Gasteiger partial charge in [-0.1, -0.05) is 29.3 Å². The van der Waals surface area contributed by atoms with Crippen molar-refractivity contribution >= 4 is 40.5 Å². The molecule has 0 saturated heterocycles. The number of carbonyl (C=O) groups is 1. The minimum atomic E-state index is -0.455. The first-order valence-electron chi connectivity index (χ1n) is 5.58. The lowest BCUT2D eigenvalue weighted by Crippen LogP contribution is -2.15. The first kappa shape index (κ1) is 14.2. The van der Waals surface area contributed by atoms with Crippen LogP contribution in [-0.4, -0.2) is 5.91 Å². The van der Waals surface area contributed by atoms with Crippen molar-refractivity contribution in [2.75, 3.05) is 11.1 Å². The van der Waals surface area contributed by atoms with Crippen molar-refractivity contribution in [2.45, 2.75) is 0 Å². The molecular weight excluding hydrogens is 297 g/mol. The molecule has 0 fully saturated rings. The largest absolute Gasteiger partial charge is 0.397 e. The smallest absolute Gasteiger partial charge is 0.257 e. The summed E-state index contributed by atoms with van der Waals surface area (Å²) in [5.41, 5.74) is 6.81. The summed E-state index contributed by atoms with van der Waals surface area (Å²) >= 11 is 11.7. The molecule has 0 atom stereocenters. The quantitative estimate of drug-likeness (QED) is 0.830.